The average Bonchev–Trinajstić information content (AvgIpc) is 2.24. The summed E-state index contributed by atoms with van der Waals surface area (Å²) in [6.45, 7) is 0.658. The molecule has 1 aromatic rings. The molecule has 0 saturated heterocycles. The van der Waals surface area contributed by atoms with E-state index < -0.39 is 18.3 Å². The number of halogens is 4. The second-order valence-corrected chi connectivity index (χ2v) is 5.25. The Kier molecular flexibility index (Phi) is 3.75. The normalized spacial score (nSPS) is 23.0. The molecule has 2 rings (SSSR count). The van der Waals surface area contributed by atoms with Gasteiger partial charge in [-0.1, -0.05) is 18.5 Å². The van der Waals surface area contributed by atoms with Crippen molar-refractivity contribution >= 4 is 17.3 Å². The molecule has 1 saturated carbocycles. The predicted molar refractivity (Wildman–Crippen MR) is 65.4 cm³/mol. The van der Waals surface area contributed by atoms with Crippen molar-refractivity contribution in [2.45, 2.75) is 38.5 Å². The van der Waals surface area contributed by atoms with E-state index in [1.165, 1.54) is 6.20 Å². The van der Waals surface area contributed by atoms with Crippen LogP contribution in [0.15, 0.2) is 11.0 Å². The van der Waals surface area contributed by atoms with Gasteiger partial charge in [0.05, 0.1) is 11.9 Å². The molecule has 0 aromatic carbocycles. The number of nitrogens with zero attached hydrogens (tertiary/aromatic N) is 2. The van der Waals surface area contributed by atoms with Gasteiger partial charge in [-0.3, -0.25) is 4.79 Å². The highest BCUT2D eigenvalue weighted by molar-refractivity contribution is 6.32. The molecule has 19 heavy (non-hydrogen) atoms. The molecule has 0 atom stereocenters. The molecule has 4 nitrogen and oxygen atoms in total. The van der Waals surface area contributed by atoms with Crippen molar-refractivity contribution in [3.63, 3.8) is 0 Å². The standard InChI is InChI=1S/C11H13ClF3N3O/c1-6-2-7(3-6)17-8-4-16-18(5-11(13,14)15)10(19)9(8)12/h4,6-7,17H,2-3,5H2,1H3. The van der Waals surface area contributed by atoms with E-state index in [-0.39, 0.29) is 11.1 Å². The quantitative estimate of drug-likeness (QED) is 0.932. The van der Waals surface area contributed by atoms with Gasteiger partial charge in [0.15, 0.2) is 0 Å². The lowest BCUT2D eigenvalue weighted by atomic mass is 9.82. The SMILES string of the molecule is CC1CC(Nc2cnn(CC(F)(F)F)c(=O)c2Cl)C1. The van der Waals surface area contributed by atoms with Crippen LogP contribution in [-0.4, -0.2) is 22.0 Å². The first-order valence-electron chi connectivity index (χ1n) is 5.85. The molecular weight excluding hydrogens is 283 g/mol. The zero-order valence-corrected chi connectivity index (χ0v) is 10.9. The molecule has 0 radical (unpaired) electrons. The molecular formula is C11H13ClF3N3O. The molecule has 1 aliphatic rings. The van der Waals surface area contributed by atoms with Crippen molar-refractivity contribution < 1.29 is 13.2 Å². The minimum absolute atomic E-state index is 0.201. The lowest BCUT2D eigenvalue weighted by molar-refractivity contribution is -0.143. The van der Waals surface area contributed by atoms with Gasteiger partial charge in [0.1, 0.15) is 11.6 Å². The maximum Gasteiger partial charge on any atom is 0.408 e. The molecule has 0 aliphatic heterocycles. The number of hydrogen-bond donors (Lipinski definition) is 1. The highest BCUT2D eigenvalue weighted by Gasteiger charge is 2.30. The van der Waals surface area contributed by atoms with E-state index in [0.29, 0.717) is 16.3 Å². The lowest BCUT2D eigenvalue weighted by Crippen LogP contribution is -2.35. The van der Waals surface area contributed by atoms with Gasteiger partial charge in [0, 0.05) is 6.04 Å². The molecule has 1 fully saturated rings. The third-order valence-electron chi connectivity index (χ3n) is 3.05. The smallest absolute Gasteiger partial charge is 0.380 e. The van der Waals surface area contributed by atoms with E-state index in [9.17, 15) is 18.0 Å². The van der Waals surface area contributed by atoms with E-state index in [4.69, 9.17) is 11.6 Å². The van der Waals surface area contributed by atoms with Gasteiger partial charge in [-0.15, -0.1) is 0 Å². The van der Waals surface area contributed by atoms with Crippen molar-refractivity contribution in [2.24, 2.45) is 5.92 Å². The first kappa shape index (κ1) is 14.2. The molecule has 0 bridgehead atoms. The Morgan fingerprint density at radius 3 is 2.68 bits per heavy atom. The molecule has 1 heterocycles. The minimum atomic E-state index is -4.50. The summed E-state index contributed by atoms with van der Waals surface area (Å²) in [6.07, 6.45) is -1.44. The topological polar surface area (TPSA) is 46.9 Å². The highest BCUT2D eigenvalue weighted by Crippen LogP contribution is 2.30. The second-order valence-electron chi connectivity index (χ2n) is 4.87. The third-order valence-corrected chi connectivity index (χ3v) is 3.41. The van der Waals surface area contributed by atoms with Crippen LogP contribution in [0.3, 0.4) is 0 Å². The first-order chi connectivity index (χ1) is 8.76. The summed E-state index contributed by atoms with van der Waals surface area (Å²) in [6, 6.07) is 0.201. The van der Waals surface area contributed by atoms with E-state index in [1.54, 1.807) is 0 Å². The lowest BCUT2D eigenvalue weighted by Gasteiger charge is -2.34. The Hall–Kier alpha value is -1.24. The molecule has 8 heteroatoms. The summed E-state index contributed by atoms with van der Waals surface area (Å²) in [5, 5.41) is 6.26. The predicted octanol–water partition coefficient (Wildman–Crippen LogP) is 2.67. The van der Waals surface area contributed by atoms with Gasteiger partial charge < -0.3 is 5.32 Å². The molecule has 0 spiro atoms. The van der Waals surface area contributed by atoms with E-state index in [0.717, 1.165) is 12.8 Å². The monoisotopic (exact) mass is 295 g/mol. The number of anilines is 1. The van der Waals surface area contributed by atoms with Crippen molar-refractivity contribution in [2.75, 3.05) is 5.32 Å². The van der Waals surface area contributed by atoms with Gasteiger partial charge in [0.25, 0.3) is 5.56 Å². The maximum atomic E-state index is 12.2. The summed E-state index contributed by atoms with van der Waals surface area (Å²) in [7, 11) is 0. The molecule has 0 unspecified atom stereocenters. The zero-order valence-electron chi connectivity index (χ0n) is 10.2. The Morgan fingerprint density at radius 1 is 1.53 bits per heavy atom. The summed E-state index contributed by atoms with van der Waals surface area (Å²) in [4.78, 5) is 11.6. The van der Waals surface area contributed by atoms with E-state index in [1.807, 2.05) is 0 Å². The number of nitrogens with one attached hydrogen (secondary N) is 1. The summed E-state index contributed by atoms with van der Waals surface area (Å²) < 4.78 is 37.0. The summed E-state index contributed by atoms with van der Waals surface area (Å²) in [5.74, 6) is 0.606. The van der Waals surface area contributed by atoms with Crippen LogP contribution in [-0.2, 0) is 6.54 Å². The number of alkyl halides is 3. The molecule has 0 amide bonds. The minimum Gasteiger partial charge on any atom is -0.380 e. The van der Waals surface area contributed by atoms with Crippen molar-refractivity contribution in [1.82, 2.24) is 9.78 Å². The summed E-state index contributed by atoms with van der Waals surface area (Å²) >= 11 is 5.79. The fourth-order valence-corrected chi connectivity index (χ4v) is 2.29. The Morgan fingerprint density at radius 2 is 2.16 bits per heavy atom. The van der Waals surface area contributed by atoms with E-state index in [2.05, 4.69) is 17.3 Å². The number of rotatable bonds is 3. The van der Waals surface area contributed by atoms with Crippen LogP contribution in [0.1, 0.15) is 19.8 Å². The van der Waals surface area contributed by atoms with Crippen LogP contribution in [0.4, 0.5) is 18.9 Å². The number of aromatic nitrogens is 2. The zero-order chi connectivity index (χ0) is 14.2. The Balaban J connectivity index is 2.15. The van der Waals surface area contributed by atoms with Crippen molar-refractivity contribution in [3.05, 3.63) is 21.6 Å². The van der Waals surface area contributed by atoms with Crippen molar-refractivity contribution in [3.8, 4) is 0 Å². The van der Waals surface area contributed by atoms with Gasteiger partial charge >= 0.3 is 6.18 Å². The van der Waals surface area contributed by atoms with Crippen LogP contribution in [0, 0.1) is 5.92 Å². The second kappa shape index (κ2) is 5.03. The van der Waals surface area contributed by atoms with Gasteiger partial charge in [-0.05, 0) is 18.8 Å². The van der Waals surface area contributed by atoms with E-state index >= 15 is 0 Å². The third kappa shape index (κ3) is 3.40. The van der Waals surface area contributed by atoms with Crippen LogP contribution < -0.4 is 10.9 Å². The Bertz CT molecular complexity index is 523. The van der Waals surface area contributed by atoms with Crippen LogP contribution in [0.5, 0.6) is 0 Å². The maximum absolute atomic E-state index is 12.2. The van der Waals surface area contributed by atoms with Crippen LogP contribution >= 0.6 is 11.6 Å². The molecule has 1 N–H and O–H groups in total. The van der Waals surface area contributed by atoms with Crippen molar-refractivity contribution in [1.29, 1.82) is 0 Å². The Labute approximate surface area is 112 Å². The van der Waals surface area contributed by atoms with Crippen LogP contribution in [0.2, 0.25) is 5.02 Å². The molecule has 106 valence electrons. The molecule has 1 aromatic heterocycles. The van der Waals surface area contributed by atoms with Gasteiger partial charge in [0.2, 0.25) is 0 Å². The van der Waals surface area contributed by atoms with Gasteiger partial charge in [-0.25, -0.2) is 4.68 Å². The average molecular weight is 296 g/mol. The molecule has 1 aliphatic carbocycles. The fourth-order valence-electron chi connectivity index (χ4n) is 2.09. The largest absolute Gasteiger partial charge is 0.408 e. The highest BCUT2D eigenvalue weighted by atomic mass is 35.5. The van der Waals surface area contributed by atoms with Gasteiger partial charge in [-0.2, -0.15) is 18.3 Å². The van der Waals surface area contributed by atoms with Crippen LogP contribution in [0.25, 0.3) is 0 Å². The first-order valence-corrected chi connectivity index (χ1v) is 6.23. The summed E-state index contributed by atoms with van der Waals surface area (Å²) in [5.41, 5.74) is -0.640. The fraction of sp³-hybridized carbons (Fsp3) is 0.636. The number of hydrogen-bond acceptors (Lipinski definition) is 3.